The number of likely N-dealkylation sites (N-methyl/N-ethyl adjacent to an activating group) is 1. The second-order valence-electron chi connectivity index (χ2n) is 5.58. The van der Waals surface area contributed by atoms with Gasteiger partial charge in [0.15, 0.2) is 0 Å². The largest absolute Gasteiger partial charge is 0.336 e. The fraction of sp³-hybridized carbons (Fsp3) is 0.538. The highest BCUT2D eigenvalue weighted by Crippen LogP contribution is 2.36. The van der Waals surface area contributed by atoms with E-state index in [0.717, 1.165) is 18.5 Å². The Morgan fingerprint density at radius 2 is 2.19 bits per heavy atom. The van der Waals surface area contributed by atoms with E-state index in [9.17, 15) is 4.79 Å². The molecule has 0 aromatic carbocycles. The average Bonchev–Trinajstić information content (AvgIpc) is 3.04. The van der Waals surface area contributed by atoms with E-state index in [2.05, 4.69) is 20.5 Å². The van der Waals surface area contributed by atoms with Gasteiger partial charge in [-0.25, -0.2) is 4.98 Å². The number of carbonyl (C=O) groups excluding carboxylic acids is 1. The molecule has 0 radical (unpaired) electrons. The van der Waals surface area contributed by atoms with Crippen LogP contribution in [0, 0.1) is 0 Å². The number of hydrogen-bond acceptors (Lipinski definition) is 5. The van der Waals surface area contributed by atoms with Gasteiger partial charge in [0.1, 0.15) is 12.4 Å². The zero-order valence-electron chi connectivity index (χ0n) is 12.4. The van der Waals surface area contributed by atoms with Gasteiger partial charge in [-0.1, -0.05) is 0 Å². The van der Waals surface area contributed by atoms with Crippen LogP contribution in [0.3, 0.4) is 0 Å². The Bertz CT molecular complexity index is 640. The number of imidazole rings is 1. The predicted octanol–water partition coefficient (Wildman–Crippen LogP) is 0.588. The van der Waals surface area contributed by atoms with Gasteiger partial charge in [0.25, 0.3) is 0 Å². The van der Waals surface area contributed by atoms with Gasteiger partial charge in [-0.2, -0.15) is 0 Å². The van der Waals surface area contributed by atoms with E-state index in [1.165, 1.54) is 0 Å². The Morgan fingerprint density at radius 3 is 2.76 bits per heavy atom. The number of nitrogens with one attached hydrogen (secondary N) is 1. The number of nitrogens with zero attached hydrogens (tertiary/aromatic N) is 6. The van der Waals surface area contributed by atoms with Gasteiger partial charge in [0, 0.05) is 13.1 Å². The van der Waals surface area contributed by atoms with Gasteiger partial charge in [-0.3, -0.25) is 19.6 Å². The standard InChI is InChI=1S/C13H19N7O/c1-18(2)11(10-6-14-7-19(10)3)12(21)16-13-17-15-8-20(13)9-4-5-9/h6-9,11H,4-5H2,1-3H3,(H,16,17,21). The molecule has 1 aliphatic carbocycles. The molecular weight excluding hydrogens is 270 g/mol. The predicted molar refractivity (Wildman–Crippen MR) is 76.6 cm³/mol. The van der Waals surface area contributed by atoms with Gasteiger partial charge >= 0.3 is 0 Å². The van der Waals surface area contributed by atoms with Crippen molar-refractivity contribution < 1.29 is 4.79 Å². The minimum Gasteiger partial charge on any atom is -0.336 e. The van der Waals surface area contributed by atoms with Crippen LogP contribution in [0.2, 0.25) is 0 Å². The van der Waals surface area contributed by atoms with Crippen molar-refractivity contribution in [3.63, 3.8) is 0 Å². The second kappa shape index (κ2) is 5.28. The van der Waals surface area contributed by atoms with Crippen molar-refractivity contribution >= 4 is 11.9 Å². The van der Waals surface area contributed by atoms with Crippen LogP contribution in [0.25, 0.3) is 0 Å². The van der Waals surface area contributed by atoms with Crippen molar-refractivity contribution in [3.8, 4) is 0 Å². The molecule has 8 nitrogen and oxygen atoms in total. The third-order valence-corrected chi connectivity index (χ3v) is 3.65. The van der Waals surface area contributed by atoms with Crippen LogP contribution in [0.1, 0.15) is 30.6 Å². The van der Waals surface area contributed by atoms with E-state index in [1.54, 1.807) is 18.9 Å². The van der Waals surface area contributed by atoms with Crippen LogP contribution >= 0.6 is 0 Å². The van der Waals surface area contributed by atoms with Crippen molar-refractivity contribution in [1.29, 1.82) is 0 Å². The average molecular weight is 289 g/mol. The van der Waals surface area contributed by atoms with Crippen molar-refractivity contribution in [3.05, 3.63) is 24.5 Å². The lowest BCUT2D eigenvalue weighted by molar-refractivity contribution is -0.120. The van der Waals surface area contributed by atoms with Gasteiger partial charge in [0.2, 0.25) is 11.9 Å². The molecule has 1 aliphatic rings. The number of rotatable bonds is 5. The van der Waals surface area contributed by atoms with Crippen LogP contribution in [0.5, 0.6) is 0 Å². The van der Waals surface area contributed by atoms with E-state index < -0.39 is 6.04 Å². The number of amides is 1. The summed E-state index contributed by atoms with van der Waals surface area (Å²) in [5, 5.41) is 10.8. The summed E-state index contributed by atoms with van der Waals surface area (Å²) in [7, 11) is 5.60. The molecule has 1 amide bonds. The quantitative estimate of drug-likeness (QED) is 0.871. The summed E-state index contributed by atoms with van der Waals surface area (Å²) in [6.07, 6.45) is 7.28. The molecule has 0 spiro atoms. The summed E-state index contributed by atoms with van der Waals surface area (Å²) in [4.78, 5) is 18.6. The maximum atomic E-state index is 12.6. The van der Waals surface area contributed by atoms with E-state index in [1.807, 2.05) is 35.2 Å². The third-order valence-electron chi connectivity index (χ3n) is 3.65. The minimum absolute atomic E-state index is 0.140. The molecule has 0 bridgehead atoms. The minimum atomic E-state index is -0.429. The summed E-state index contributed by atoms with van der Waals surface area (Å²) >= 11 is 0. The smallest absolute Gasteiger partial charge is 0.250 e. The number of carbonyl (C=O) groups is 1. The molecule has 2 aromatic rings. The first-order chi connectivity index (χ1) is 10.1. The second-order valence-corrected chi connectivity index (χ2v) is 5.58. The Morgan fingerprint density at radius 1 is 1.43 bits per heavy atom. The van der Waals surface area contributed by atoms with Crippen LogP contribution < -0.4 is 5.32 Å². The molecule has 2 heterocycles. The molecule has 1 atom stereocenters. The molecule has 112 valence electrons. The van der Waals surface area contributed by atoms with Crippen LogP contribution in [0.15, 0.2) is 18.9 Å². The Labute approximate surface area is 122 Å². The summed E-state index contributed by atoms with van der Waals surface area (Å²) < 4.78 is 3.77. The molecule has 2 aromatic heterocycles. The van der Waals surface area contributed by atoms with E-state index in [-0.39, 0.29) is 5.91 Å². The molecule has 1 fully saturated rings. The number of aromatic nitrogens is 5. The molecule has 3 rings (SSSR count). The molecule has 1 unspecified atom stereocenters. The molecule has 1 N–H and O–H groups in total. The fourth-order valence-electron chi connectivity index (χ4n) is 2.39. The lowest BCUT2D eigenvalue weighted by atomic mass is 10.2. The van der Waals surface area contributed by atoms with Crippen molar-refractivity contribution in [2.24, 2.45) is 7.05 Å². The first-order valence-electron chi connectivity index (χ1n) is 6.91. The van der Waals surface area contributed by atoms with Gasteiger partial charge in [-0.05, 0) is 26.9 Å². The van der Waals surface area contributed by atoms with Crippen LogP contribution in [0.4, 0.5) is 5.95 Å². The summed E-state index contributed by atoms with van der Waals surface area (Å²) in [6.45, 7) is 0. The van der Waals surface area contributed by atoms with Crippen molar-refractivity contribution in [1.82, 2.24) is 29.2 Å². The molecular formula is C13H19N7O. The maximum absolute atomic E-state index is 12.6. The monoisotopic (exact) mass is 289 g/mol. The van der Waals surface area contributed by atoms with E-state index >= 15 is 0 Å². The highest BCUT2D eigenvalue weighted by Gasteiger charge is 2.30. The number of anilines is 1. The normalized spacial score (nSPS) is 16.2. The Hall–Kier alpha value is -2.22. The molecule has 0 aliphatic heterocycles. The fourth-order valence-corrected chi connectivity index (χ4v) is 2.39. The topological polar surface area (TPSA) is 80.9 Å². The van der Waals surface area contributed by atoms with Crippen molar-refractivity contribution in [2.45, 2.75) is 24.9 Å². The lowest BCUT2D eigenvalue weighted by Gasteiger charge is -2.23. The highest BCUT2D eigenvalue weighted by molar-refractivity contribution is 5.93. The van der Waals surface area contributed by atoms with Gasteiger partial charge < -0.3 is 4.57 Å². The molecule has 8 heteroatoms. The first kappa shape index (κ1) is 13.7. The third kappa shape index (κ3) is 2.66. The van der Waals surface area contributed by atoms with Crippen LogP contribution in [-0.2, 0) is 11.8 Å². The zero-order valence-corrected chi connectivity index (χ0v) is 12.4. The molecule has 21 heavy (non-hydrogen) atoms. The SMILES string of the molecule is CN(C)C(C(=O)Nc1nncn1C1CC1)c1cncn1C. The Kier molecular flexibility index (Phi) is 3.46. The van der Waals surface area contributed by atoms with Gasteiger partial charge in [-0.15, -0.1) is 10.2 Å². The van der Waals surface area contributed by atoms with E-state index in [4.69, 9.17) is 0 Å². The lowest BCUT2D eigenvalue weighted by Crippen LogP contribution is -2.34. The first-order valence-corrected chi connectivity index (χ1v) is 6.91. The molecule has 1 saturated carbocycles. The summed E-state index contributed by atoms with van der Waals surface area (Å²) in [6, 6.07) is -0.00772. The highest BCUT2D eigenvalue weighted by atomic mass is 16.2. The van der Waals surface area contributed by atoms with Crippen molar-refractivity contribution in [2.75, 3.05) is 19.4 Å². The summed E-state index contributed by atoms with van der Waals surface area (Å²) in [5.74, 6) is 0.370. The number of aryl methyl sites for hydroxylation is 1. The van der Waals surface area contributed by atoms with Crippen LogP contribution in [-0.4, -0.2) is 49.2 Å². The maximum Gasteiger partial charge on any atom is 0.250 e. The zero-order chi connectivity index (χ0) is 15.0. The Balaban J connectivity index is 1.81. The number of hydrogen-bond donors (Lipinski definition) is 1. The molecule has 0 saturated heterocycles. The van der Waals surface area contributed by atoms with Gasteiger partial charge in [0.05, 0.1) is 18.2 Å². The van der Waals surface area contributed by atoms with E-state index in [0.29, 0.717) is 12.0 Å². The summed E-state index contributed by atoms with van der Waals surface area (Å²) in [5.41, 5.74) is 0.829.